The molecule has 29 heavy (non-hydrogen) atoms. The van der Waals surface area contributed by atoms with E-state index in [1.165, 1.54) is 0 Å². The molecule has 0 spiro atoms. The standard InChI is InChI=1S/C25H50N2O2/c1-17(2)22-13-20(14-23(26-22)18(3)4)28-11-9-10-12-29-21-15-24(19(5)6)27-25(7,8)16-21/h17-24,26-27H,9-16H2,1-8H3. The van der Waals surface area contributed by atoms with Crippen LogP contribution < -0.4 is 10.6 Å². The summed E-state index contributed by atoms with van der Waals surface area (Å²) in [4.78, 5) is 0. The molecule has 0 radical (unpaired) electrons. The molecule has 2 saturated heterocycles. The van der Waals surface area contributed by atoms with Crippen LogP contribution >= 0.6 is 0 Å². The molecule has 4 atom stereocenters. The highest BCUT2D eigenvalue weighted by Crippen LogP contribution is 2.28. The molecule has 2 aliphatic heterocycles. The van der Waals surface area contributed by atoms with Crippen LogP contribution in [0.25, 0.3) is 0 Å². The summed E-state index contributed by atoms with van der Waals surface area (Å²) < 4.78 is 12.6. The van der Waals surface area contributed by atoms with Crippen molar-refractivity contribution in [2.24, 2.45) is 17.8 Å². The predicted molar refractivity (Wildman–Crippen MR) is 123 cm³/mol. The van der Waals surface area contributed by atoms with E-state index >= 15 is 0 Å². The van der Waals surface area contributed by atoms with Crippen molar-refractivity contribution in [1.82, 2.24) is 10.6 Å². The van der Waals surface area contributed by atoms with Gasteiger partial charge in [0.05, 0.1) is 12.2 Å². The lowest BCUT2D eigenvalue weighted by Gasteiger charge is -2.43. The fourth-order valence-electron chi connectivity index (χ4n) is 4.96. The maximum atomic E-state index is 6.31. The minimum atomic E-state index is 0.176. The van der Waals surface area contributed by atoms with Crippen molar-refractivity contribution in [2.45, 2.75) is 130 Å². The first-order valence-electron chi connectivity index (χ1n) is 12.3. The zero-order valence-corrected chi connectivity index (χ0v) is 20.6. The summed E-state index contributed by atoms with van der Waals surface area (Å²) in [6.45, 7) is 20.2. The normalized spacial score (nSPS) is 33.0. The lowest BCUT2D eigenvalue weighted by molar-refractivity contribution is -0.0234. The van der Waals surface area contributed by atoms with E-state index in [4.69, 9.17) is 9.47 Å². The summed E-state index contributed by atoms with van der Waals surface area (Å²) in [6.07, 6.45) is 7.55. The Hall–Kier alpha value is -0.160. The Labute approximate surface area is 181 Å². The quantitative estimate of drug-likeness (QED) is 0.488. The van der Waals surface area contributed by atoms with Crippen LogP contribution in [0.5, 0.6) is 0 Å². The van der Waals surface area contributed by atoms with Gasteiger partial charge in [0.1, 0.15) is 0 Å². The highest BCUT2D eigenvalue weighted by atomic mass is 16.5. The first-order chi connectivity index (χ1) is 13.6. The van der Waals surface area contributed by atoms with Crippen molar-refractivity contribution >= 4 is 0 Å². The van der Waals surface area contributed by atoms with E-state index in [0.29, 0.717) is 48.1 Å². The van der Waals surface area contributed by atoms with Gasteiger partial charge in [-0.3, -0.25) is 0 Å². The number of unbranched alkanes of at least 4 members (excludes halogenated alkanes) is 1. The molecule has 2 N–H and O–H groups in total. The summed E-state index contributed by atoms with van der Waals surface area (Å²) in [5.74, 6) is 1.99. The largest absolute Gasteiger partial charge is 0.378 e. The molecule has 0 aliphatic carbocycles. The zero-order valence-electron chi connectivity index (χ0n) is 20.6. The van der Waals surface area contributed by atoms with E-state index < -0.39 is 0 Å². The van der Waals surface area contributed by atoms with Gasteiger partial charge in [0, 0.05) is 36.9 Å². The number of ether oxygens (including phenoxy) is 2. The summed E-state index contributed by atoms with van der Waals surface area (Å²) in [5.41, 5.74) is 0.176. The molecule has 0 aromatic carbocycles. The average Bonchev–Trinajstić information content (AvgIpc) is 2.62. The van der Waals surface area contributed by atoms with Crippen LogP contribution in [0.1, 0.15) is 93.9 Å². The number of rotatable bonds is 10. The minimum absolute atomic E-state index is 0.176. The number of hydrogen-bond acceptors (Lipinski definition) is 4. The van der Waals surface area contributed by atoms with Gasteiger partial charge in [-0.15, -0.1) is 0 Å². The van der Waals surface area contributed by atoms with Crippen LogP contribution in [0.3, 0.4) is 0 Å². The summed E-state index contributed by atoms with van der Waals surface area (Å²) >= 11 is 0. The molecule has 2 aliphatic rings. The Bertz CT molecular complexity index is 448. The topological polar surface area (TPSA) is 42.5 Å². The number of piperidine rings is 2. The van der Waals surface area contributed by atoms with Gasteiger partial charge in [-0.25, -0.2) is 0 Å². The van der Waals surface area contributed by atoms with E-state index in [-0.39, 0.29) is 5.54 Å². The molecule has 0 aromatic heterocycles. The first-order valence-corrected chi connectivity index (χ1v) is 12.3. The second-order valence-corrected chi connectivity index (χ2v) is 11.4. The van der Waals surface area contributed by atoms with E-state index in [0.717, 1.165) is 51.7 Å². The van der Waals surface area contributed by atoms with Crippen molar-refractivity contribution in [2.75, 3.05) is 13.2 Å². The maximum absolute atomic E-state index is 6.31. The van der Waals surface area contributed by atoms with Gasteiger partial charge < -0.3 is 20.1 Å². The van der Waals surface area contributed by atoms with Crippen molar-refractivity contribution in [3.8, 4) is 0 Å². The molecule has 172 valence electrons. The molecule has 2 fully saturated rings. The van der Waals surface area contributed by atoms with E-state index in [2.05, 4.69) is 66.0 Å². The molecular formula is C25H50N2O2. The van der Waals surface area contributed by atoms with Gasteiger partial charge in [-0.2, -0.15) is 0 Å². The minimum Gasteiger partial charge on any atom is -0.378 e. The van der Waals surface area contributed by atoms with Crippen LogP contribution in [0.4, 0.5) is 0 Å². The zero-order chi connectivity index (χ0) is 21.6. The maximum Gasteiger partial charge on any atom is 0.0607 e. The molecule has 4 heteroatoms. The van der Waals surface area contributed by atoms with E-state index in [1.807, 2.05) is 0 Å². The summed E-state index contributed by atoms with van der Waals surface area (Å²) in [7, 11) is 0. The second kappa shape index (κ2) is 11.5. The Balaban J connectivity index is 1.65. The second-order valence-electron chi connectivity index (χ2n) is 11.4. The summed E-state index contributed by atoms with van der Waals surface area (Å²) in [5, 5.41) is 7.63. The Kier molecular flexibility index (Phi) is 9.92. The lowest BCUT2D eigenvalue weighted by atomic mass is 9.83. The van der Waals surface area contributed by atoms with Crippen molar-refractivity contribution in [3.05, 3.63) is 0 Å². The van der Waals surface area contributed by atoms with Crippen LogP contribution in [0.15, 0.2) is 0 Å². The van der Waals surface area contributed by atoms with Gasteiger partial charge in [-0.1, -0.05) is 41.5 Å². The lowest BCUT2D eigenvalue weighted by Crippen LogP contribution is -2.56. The van der Waals surface area contributed by atoms with Crippen LogP contribution in [0, 0.1) is 17.8 Å². The molecule has 2 rings (SSSR count). The van der Waals surface area contributed by atoms with Crippen LogP contribution in [0.2, 0.25) is 0 Å². The van der Waals surface area contributed by atoms with Crippen LogP contribution in [-0.2, 0) is 9.47 Å². The molecule has 4 nitrogen and oxygen atoms in total. The van der Waals surface area contributed by atoms with Gasteiger partial charge in [-0.05, 0) is 70.1 Å². The SMILES string of the molecule is CC(C)C1CC(OCCCCOC2CC(C(C)C)NC(C)(C)C2)CC(C(C)C)N1. The van der Waals surface area contributed by atoms with Gasteiger partial charge in [0.15, 0.2) is 0 Å². The summed E-state index contributed by atoms with van der Waals surface area (Å²) in [6, 6.07) is 1.73. The molecule has 0 saturated carbocycles. The Morgan fingerprint density at radius 1 is 0.724 bits per heavy atom. The van der Waals surface area contributed by atoms with Crippen molar-refractivity contribution < 1.29 is 9.47 Å². The van der Waals surface area contributed by atoms with Gasteiger partial charge in [0.25, 0.3) is 0 Å². The molecule has 0 aromatic rings. The average molecular weight is 411 g/mol. The monoisotopic (exact) mass is 410 g/mol. The van der Waals surface area contributed by atoms with Crippen LogP contribution in [-0.4, -0.2) is 49.1 Å². The predicted octanol–water partition coefficient (Wildman–Crippen LogP) is 5.16. The highest BCUT2D eigenvalue weighted by Gasteiger charge is 2.35. The smallest absolute Gasteiger partial charge is 0.0607 e. The molecule has 2 heterocycles. The fourth-order valence-corrected chi connectivity index (χ4v) is 4.96. The fraction of sp³-hybridized carbons (Fsp3) is 1.00. The first kappa shape index (κ1) is 25.1. The number of nitrogens with one attached hydrogen (secondary N) is 2. The third kappa shape index (κ3) is 8.47. The molecular weight excluding hydrogens is 360 g/mol. The molecule has 0 amide bonds. The Morgan fingerprint density at radius 3 is 1.66 bits per heavy atom. The molecule has 0 bridgehead atoms. The van der Waals surface area contributed by atoms with E-state index in [1.54, 1.807) is 0 Å². The molecule has 4 unspecified atom stereocenters. The Morgan fingerprint density at radius 2 is 1.17 bits per heavy atom. The highest BCUT2D eigenvalue weighted by molar-refractivity contribution is 4.93. The van der Waals surface area contributed by atoms with Gasteiger partial charge >= 0.3 is 0 Å². The van der Waals surface area contributed by atoms with Crippen molar-refractivity contribution in [1.29, 1.82) is 0 Å². The number of hydrogen-bond donors (Lipinski definition) is 2. The third-order valence-corrected chi connectivity index (χ3v) is 6.95. The third-order valence-electron chi connectivity index (χ3n) is 6.95. The van der Waals surface area contributed by atoms with E-state index in [9.17, 15) is 0 Å². The van der Waals surface area contributed by atoms with Gasteiger partial charge in [0.2, 0.25) is 0 Å². The van der Waals surface area contributed by atoms with Crippen molar-refractivity contribution in [3.63, 3.8) is 0 Å².